The van der Waals surface area contributed by atoms with Gasteiger partial charge in [0.05, 0.1) is 17.0 Å². The molecule has 0 saturated heterocycles. The second-order valence-electron chi connectivity index (χ2n) is 4.31. The molecule has 0 fully saturated rings. The fourth-order valence-corrected chi connectivity index (χ4v) is 3.24. The molecular formula is C13H10BrFN2O3S. The Morgan fingerprint density at radius 1 is 1.48 bits per heavy atom. The second kappa shape index (κ2) is 6.31. The number of carbonyl (C=O) groups excluding carboxylic acids is 1. The summed E-state index contributed by atoms with van der Waals surface area (Å²) < 4.78 is 14.6. The molecule has 5 nitrogen and oxygen atoms in total. The molecule has 1 heterocycles. The fraction of sp³-hybridized carbons (Fsp3) is 0.154. The lowest BCUT2D eigenvalue weighted by atomic mass is 10.1. The summed E-state index contributed by atoms with van der Waals surface area (Å²) in [5, 5.41) is 12.6. The molecule has 0 radical (unpaired) electrons. The Bertz CT molecular complexity index is 704. The molecule has 0 unspecified atom stereocenters. The molecular weight excluding hydrogens is 363 g/mol. The van der Waals surface area contributed by atoms with Crippen molar-refractivity contribution in [1.29, 1.82) is 0 Å². The zero-order valence-corrected chi connectivity index (χ0v) is 13.3. The van der Waals surface area contributed by atoms with E-state index in [1.807, 2.05) is 11.4 Å². The van der Waals surface area contributed by atoms with Crippen LogP contribution in [0.25, 0.3) is 0 Å². The van der Waals surface area contributed by atoms with Gasteiger partial charge in [-0.25, -0.2) is 4.39 Å². The Kier molecular flexibility index (Phi) is 4.69. The Morgan fingerprint density at radius 3 is 2.76 bits per heavy atom. The number of carbonyl (C=O) groups is 1. The number of rotatable bonds is 4. The van der Waals surface area contributed by atoms with Gasteiger partial charge in [-0.3, -0.25) is 14.9 Å². The first-order chi connectivity index (χ1) is 9.88. The molecule has 1 amide bonds. The molecule has 2 rings (SSSR count). The summed E-state index contributed by atoms with van der Waals surface area (Å²) >= 11 is 4.77. The van der Waals surface area contributed by atoms with Gasteiger partial charge in [0.15, 0.2) is 0 Å². The molecule has 0 aliphatic rings. The number of nitrogens with zero attached hydrogens (tertiary/aromatic N) is 2. The van der Waals surface area contributed by atoms with Gasteiger partial charge in [-0.15, -0.1) is 11.3 Å². The predicted octanol–water partition coefficient (Wildman–Crippen LogP) is 3.83. The number of halogens is 2. The number of thiophene rings is 1. The third kappa shape index (κ3) is 3.64. The van der Waals surface area contributed by atoms with Crippen LogP contribution in [0.3, 0.4) is 0 Å². The van der Waals surface area contributed by atoms with Gasteiger partial charge in [-0.1, -0.05) is 0 Å². The van der Waals surface area contributed by atoms with Crippen LogP contribution in [0.1, 0.15) is 15.2 Å². The van der Waals surface area contributed by atoms with Crippen LogP contribution >= 0.6 is 27.3 Å². The predicted molar refractivity (Wildman–Crippen MR) is 80.9 cm³/mol. The van der Waals surface area contributed by atoms with Crippen molar-refractivity contribution in [2.45, 2.75) is 6.54 Å². The van der Waals surface area contributed by atoms with E-state index in [1.165, 1.54) is 23.3 Å². The lowest BCUT2D eigenvalue weighted by molar-refractivity contribution is -0.384. The molecule has 1 aromatic carbocycles. The van der Waals surface area contributed by atoms with Crippen molar-refractivity contribution < 1.29 is 14.1 Å². The van der Waals surface area contributed by atoms with E-state index in [1.54, 1.807) is 0 Å². The van der Waals surface area contributed by atoms with Gasteiger partial charge in [0.25, 0.3) is 11.6 Å². The first-order valence-corrected chi connectivity index (χ1v) is 7.48. The SMILES string of the molecule is CN(Cc1cc(Br)cs1)C(=O)c1cc([N+](=O)[O-])ccc1F. The lowest BCUT2D eigenvalue weighted by Crippen LogP contribution is -2.26. The van der Waals surface area contributed by atoms with Crippen molar-refractivity contribution in [3.05, 3.63) is 60.5 Å². The van der Waals surface area contributed by atoms with Crippen LogP contribution in [0.2, 0.25) is 0 Å². The summed E-state index contributed by atoms with van der Waals surface area (Å²) in [4.78, 5) is 24.5. The van der Waals surface area contributed by atoms with Crippen molar-refractivity contribution in [3.63, 3.8) is 0 Å². The fourth-order valence-electron chi connectivity index (χ4n) is 1.74. The highest BCUT2D eigenvalue weighted by Gasteiger charge is 2.20. The van der Waals surface area contributed by atoms with Crippen LogP contribution in [0.5, 0.6) is 0 Å². The molecule has 110 valence electrons. The van der Waals surface area contributed by atoms with Gasteiger partial charge >= 0.3 is 0 Å². The van der Waals surface area contributed by atoms with Crippen LogP contribution in [0.15, 0.2) is 34.1 Å². The zero-order chi connectivity index (χ0) is 15.6. The molecule has 0 spiro atoms. The zero-order valence-electron chi connectivity index (χ0n) is 10.9. The van der Waals surface area contributed by atoms with Crippen LogP contribution in [0.4, 0.5) is 10.1 Å². The van der Waals surface area contributed by atoms with Crippen LogP contribution in [-0.2, 0) is 6.54 Å². The number of nitro benzene ring substituents is 1. The third-order valence-electron chi connectivity index (χ3n) is 2.75. The van der Waals surface area contributed by atoms with Crippen molar-refractivity contribution in [1.82, 2.24) is 4.90 Å². The minimum Gasteiger partial charge on any atom is -0.336 e. The van der Waals surface area contributed by atoms with E-state index in [9.17, 15) is 19.3 Å². The van der Waals surface area contributed by atoms with E-state index >= 15 is 0 Å². The maximum Gasteiger partial charge on any atom is 0.270 e. The molecule has 21 heavy (non-hydrogen) atoms. The van der Waals surface area contributed by atoms with E-state index in [0.29, 0.717) is 6.54 Å². The summed E-state index contributed by atoms with van der Waals surface area (Å²) in [6, 6.07) is 4.78. The number of benzene rings is 1. The molecule has 0 aliphatic heterocycles. The molecule has 0 saturated carbocycles. The molecule has 0 aliphatic carbocycles. The van der Waals surface area contributed by atoms with E-state index in [0.717, 1.165) is 27.5 Å². The van der Waals surface area contributed by atoms with Crippen molar-refractivity contribution in [3.8, 4) is 0 Å². The van der Waals surface area contributed by atoms with E-state index in [2.05, 4.69) is 15.9 Å². The average molecular weight is 373 g/mol. The van der Waals surface area contributed by atoms with Crippen LogP contribution in [-0.4, -0.2) is 22.8 Å². The number of non-ortho nitro benzene ring substituents is 1. The number of hydrogen-bond acceptors (Lipinski definition) is 4. The largest absolute Gasteiger partial charge is 0.336 e. The Morgan fingerprint density at radius 2 is 2.19 bits per heavy atom. The highest BCUT2D eigenvalue weighted by Crippen LogP contribution is 2.23. The Labute approximate surface area is 132 Å². The molecule has 0 atom stereocenters. The minimum absolute atomic E-state index is 0.303. The quantitative estimate of drug-likeness (QED) is 0.605. The van der Waals surface area contributed by atoms with Crippen LogP contribution in [0, 0.1) is 15.9 Å². The van der Waals surface area contributed by atoms with Gasteiger partial charge < -0.3 is 4.90 Å². The van der Waals surface area contributed by atoms with Crippen molar-refractivity contribution in [2.24, 2.45) is 0 Å². The second-order valence-corrected chi connectivity index (χ2v) is 6.23. The van der Waals surface area contributed by atoms with Gasteiger partial charge in [0, 0.05) is 33.9 Å². The van der Waals surface area contributed by atoms with E-state index in [4.69, 9.17) is 0 Å². The summed E-state index contributed by atoms with van der Waals surface area (Å²) in [5.41, 5.74) is -0.616. The maximum atomic E-state index is 13.7. The molecule has 1 aromatic heterocycles. The standard InChI is InChI=1S/C13H10BrFN2O3S/c1-16(6-10-4-8(14)7-21-10)13(18)11-5-9(17(19)20)2-3-12(11)15/h2-5,7H,6H2,1H3. The van der Waals surface area contributed by atoms with Crippen molar-refractivity contribution in [2.75, 3.05) is 7.05 Å². The Hall–Kier alpha value is -1.80. The minimum atomic E-state index is -0.773. The number of hydrogen-bond donors (Lipinski definition) is 0. The lowest BCUT2D eigenvalue weighted by Gasteiger charge is -2.16. The maximum absolute atomic E-state index is 13.7. The summed E-state index contributed by atoms with van der Waals surface area (Å²) in [7, 11) is 1.52. The summed E-state index contributed by atoms with van der Waals surface area (Å²) in [5.74, 6) is -1.37. The van der Waals surface area contributed by atoms with Gasteiger partial charge in [-0.05, 0) is 28.1 Å². The first-order valence-electron chi connectivity index (χ1n) is 5.81. The highest BCUT2D eigenvalue weighted by atomic mass is 79.9. The summed E-state index contributed by atoms with van der Waals surface area (Å²) in [6.45, 7) is 0.303. The van der Waals surface area contributed by atoms with E-state index < -0.39 is 16.6 Å². The van der Waals surface area contributed by atoms with E-state index in [-0.39, 0.29) is 11.3 Å². The average Bonchev–Trinajstić information content (AvgIpc) is 2.83. The van der Waals surface area contributed by atoms with Crippen molar-refractivity contribution >= 4 is 38.9 Å². The van der Waals surface area contributed by atoms with Gasteiger partial charge in [0.2, 0.25) is 0 Å². The van der Waals surface area contributed by atoms with Crippen LogP contribution < -0.4 is 0 Å². The molecule has 0 bridgehead atoms. The molecule has 8 heteroatoms. The monoisotopic (exact) mass is 372 g/mol. The van der Waals surface area contributed by atoms with Gasteiger partial charge in [0.1, 0.15) is 5.82 Å². The number of nitro groups is 1. The summed E-state index contributed by atoms with van der Waals surface area (Å²) in [6.07, 6.45) is 0. The Balaban J connectivity index is 2.22. The molecule has 0 N–H and O–H groups in total. The highest BCUT2D eigenvalue weighted by molar-refractivity contribution is 9.10. The normalized spacial score (nSPS) is 10.4. The van der Waals surface area contributed by atoms with Gasteiger partial charge in [-0.2, -0.15) is 0 Å². The topological polar surface area (TPSA) is 63.5 Å². The first kappa shape index (κ1) is 15.6. The third-order valence-corrected chi connectivity index (χ3v) is 4.44. The smallest absolute Gasteiger partial charge is 0.270 e. The number of amides is 1. The molecule has 2 aromatic rings.